The molecule has 0 saturated carbocycles. The third kappa shape index (κ3) is 3.39. The number of nitrogens with zero attached hydrogens (tertiary/aromatic N) is 5. The van der Waals surface area contributed by atoms with Crippen molar-refractivity contribution < 1.29 is 9.59 Å². The predicted octanol–water partition coefficient (Wildman–Crippen LogP) is 4.27. The van der Waals surface area contributed by atoms with Crippen molar-refractivity contribution in [1.82, 2.24) is 9.97 Å². The van der Waals surface area contributed by atoms with Crippen LogP contribution in [-0.4, -0.2) is 41.5 Å². The van der Waals surface area contributed by atoms with Crippen LogP contribution < -0.4 is 14.7 Å². The molecule has 2 saturated heterocycles. The van der Waals surface area contributed by atoms with E-state index in [0.717, 1.165) is 41.0 Å². The maximum Gasteiger partial charge on any atom is 0.330 e. The molecule has 2 fully saturated rings. The molecule has 5 rings (SSSR count). The Labute approximate surface area is 187 Å². The Kier molecular flexibility index (Phi) is 5.09. The second-order valence-corrected chi connectivity index (χ2v) is 8.33. The Bertz CT molecular complexity index is 1160. The summed E-state index contributed by atoms with van der Waals surface area (Å²) >= 11 is 0. The summed E-state index contributed by atoms with van der Waals surface area (Å²) in [6.45, 7) is 5.90. The Morgan fingerprint density at radius 3 is 2.34 bits per heavy atom. The minimum Gasteiger partial charge on any atom is -0.312 e. The first-order valence-electron chi connectivity index (χ1n) is 10.9. The van der Waals surface area contributed by atoms with Crippen LogP contribution >= 0.6 is 0 Å². The quantitative estimate of drug-likeness (QED) is 0.623. The monoisotopic (exact) mass is 427 g/mol. The zero-order chi connectivity index (χ0) is 22.2. The van der Waals surface area contributed by atoms with Gasteiger partial charge in [0.25, 0.3) is 0 Å². The molecule has 2 aliphatic rings. The molecule has 1 atom stereocenters. The third-order valence-electron chi connectivity index (χ3n) is 6.36. The van der Waals surface area contributed by atoms with Crippen molar-refractivity contribution in [2.45, 2.75) is 20.3 Å². The molecule has 4 heterocycles. The molecular formula is C25H25N5O2. The molecule has 3 aromatic rings. The lowest BCUT2D eigenvalue weighted by atomic mass is 10.0. The number of hydrogen-bond donors (Lipinski definition) is 0. The highest BCUT2D eigenvalue weighted by molar-refractivity contribution is 6.06. The highest BCUT2D eigenvalue weighted by Crippen LogP contribution is 2.33. The van der Waals surface area contributed by atoms with Crippen LogP contribution in [0.1, 0.15) is 18.9 Å². The van der Waals surface area contributed by atoms with E-state index < -0.39 is 0 Å². The van der Waals surface area contributed by atoms with Crippen LogP contribution in [0.15, 0.2) is 61.1 Å². The zero-order valence-corrected chi connectivity index (χ0v) is 18.2. The molecule has 2 aliphatic heterocycles. The maximum atomic E-state index is 13.1. The SMILES string of the molecule is Cc1c(-c2ccc(N3CCC(C)C3=O)cc2)ccnc1N1CCN(c2cccnc2)C1=O. The van der Waals surface area contributed by atoms with Crippen molar-refractivity contribution in [3.63, 3.8) is 0 Å². The van der Waals surface area contributed by atoms with E-state index in [4.69, 9.17) is 0 Å². The lowest BCUT2D eigenvalue weighted by Gasteiger charge is -2.21. The molecule has 0 bridgehead atoms. The van der Waals surface area contributed by atoms with Gasteiger partial charge in [-0.05, 0) is 60.4 Å². The number of carbonyl (C=O) groups excluding carboxylic acids is 2. The van der Waals surface area contributed by atoms with Crippen molar-refractivity contribution >= 4 is 29.1 Å². The van der Waals surface area contributed by atoms with E-state index in [0.29, 0.717) is 18.9 Å². The number of anilines is 3. The zero-order valence-electron chi connectivity index (χ0n) is 18.2. The van der Waals surface area contributed by atoms with E-state index in [1.165, 1.54) is 0 Å². The molecule has 1 unspecified atom stereocenters. The molecule has 3 amide bonds. The van der Waals surface area contributed by atoms with Crippen molar-refractivity contribution in [3.8, 4) is 11.1 Å². The van der Waals surface area contributed by atoms with E-state index in [1.807, 2.05) is 61.2 Å². The summed E-state index contributed by atoms with van der Waals surface area (Å²) in [5, 5.41) is 0. The largest absolute Gasteiger partial charge is 0.330 e. The van der Waals surface area contributed by atoms with Gasteiger partial charge in [-0.1, -0.05) is 19.1 Å². The van der Waals surface area contributed by atoms with Crippen LogP contribution in [0.2, 0.25) is 0 Å². The molecule has 2 aromatic heterocycles. The molecule has 0 spiro atoms. The fraction of sp³-hybridized carbons (Fsp3) is 0.280. The van der Waals surface area contributed by atoms with Gasteiger partial charge >= 0.3 is 6.03 Å². The first-order valence-corrected chi connectivity index (χ1v) is 10.9. The number of benzene rings is 1. The minimum absolute atomic E-state index is 0.0870. The topological polar surface area (TPSA) is 69.6 Å². The summed E-state index contributed by atoms with van der Waals surface area (Å²) in [6, 6.07) is 13.6. The number of amides is 3. The second-order valence-electron chi connectivity index (χ2n) is 8.33. The molecule has 7 heteroatoms. The van der Waals surface area contributed by atoms with Crippen LogP contribution in [0.4, 0.5) is 22.0 Å². The van der Waals surface area contributed by atoms with Gasteiger partial charge in [0.2, 0.25) is 5.91 Å². The molecular weight excluding hydrogens is 402 g/mol. The van der Waals surface area contributed by atoms with Gasteiger partial charge in [-0.3, -0.25) is 19.6 Å². The molecule has 32 heavy (non-hydrogen) atoms. The fourth-order valence-electron chi connectivity index (χ4n) is 4.50. The molecule has 162 valence electrons. The number of urea groups is 1. The Morgan fingerprint density at radius 2 is 1.66 bits per heavy atom. The van der Waals surface area contributed by atoms with Crippen LogP contribution in [0.5, 0.6) is 0 Å². The number of hydrogen-bond acceptors (Lipinski definition) is 4. The molecule has 0 radical (unpaired) electrons. The van der Waals surface area contributed by atoms with Crippen molar-refractivity contribution in [1.29, 1.82) is 0 Å². The number of aromatic nitrogens is 2. The molecule has 0 aliphatic carbocycles. The van der Waals surface area contributed by atoms with Crippen LogP contribution in [-0.2, 0) is 4.79 Å². The van der Waals surface area contributed by atoms with Gasteiger partial charge in [-0.15, -0.1) is 0 Å². The van der Waals surface area contributed by atoms with Gasteiger partial charge in [0.05, 0.1) is 11.9 Å². The first kappa shape index (κ1) is 20.2. The van der Waals surface area contributed by atoms with Gasteiger partial charge in [-0.25, -0.2) is 9.78 Å². The summed E-state index contributed by atoms with van der Waals surface area (Å²) in [6.07, 6.45) is 6.04. The van der Waals surface area contributed by atoms with E-state index in [-0.39, 0.29) is 17.9 Å². The van der Waals surface area contributed by atoms with E-state index in [1.54, 1.807) is 28.4 Å². The average molecular weight is 428 g/mol. The van der Waals surface area contributed by atoms with Crippen molar-refractivity contribution in [2.24, 2.45) is 5.92 Å². The molecule has 0 N–H and O–H groups in total. The van der Waals surface area contributed by atoms with Gasteiger partial charge in [0.15, 0.2) is 0 Å². The number of rotatable bonds is 4. The number of pyridine rings is 2. The van der Waals surface area contributed by atoms with Crippen LogP contribution in [0, 0.1) is 12.8 Å². The normalized spacial score (nSPS) is 18.7. The summed E-state index contributed by atoms with van der Waals surface area (Å²) in [7, 11) is 0. The van der Waals surface area contributed by atoms with Crippen LogP contribution in [0.3, 0.4) is 0 Å². The third-order valence-corrected chi connectivity index (χ3v) is 6.36. The lowest BCUT2D eigenvalue weighted by Crippen LogP contribution is -2.32. The van der Waals surface area contributed by atoms with Gasteiger partial charge < -0.3 is 4.90 Å². The Hall–Kier alpha value is -3.74. The lowest BCUT2D eigenvalue weighted by molar-refractivity contribution is -0.119. The highest BCUT2D eigenvalue weighted by atomic mass is 16.2. The Morgan fingerprint density at radius 1 is 0.875 bits per heavy atom. The summed E-state index contributed by atoms with van der Waals surface area (Å²) < 4.78 is 0. The summed E-state index contributed by atoms with van der Waals surface area (Å²) in [4.78, 5) is 39.4. The standard InChI is InChI=1S/C25H25N5O2/c1-17-10-13-28(24(17)31)20-7-5-19(6-8-20)22-9-12-27-23(18(22)2)30-15-14-29(25(30)32)21-4-3-11-26-16-21/h3-9,11-12,16-17H,10,13-15H2,1-2H3. The summed E-state index contributed by atoms with van der Waals surface area (Å²) in [5.41, 5.74) is 4.72. The number of carbonyl (C=O) groups is 2. The second kappa shape index (κ2) is 8.07. The van der Waals surface area contributed by atoms with Crippen LogP contribution in [0.25, 0.3) is 11.1 Å². The first-order chi connectivity index (χ1) is 15.5. The van der Waals surface area contributed by atoms with Crippen molar-refractivity contribution in [2.75, 3.05) is 34.3 Å². The average Bonchev–Trinajstić information content (AvgIpc) is 3.37. The van der Waals surface area contributed by atoms with E-state index in [9.17, 15) is 9.59 Å². The molecule has 1 aromatic carbocycles. The van der Waals surface area contributed by atoms with Gasteiger partial charge in [-0.2, -0.15) is 0 Å². The Balaban J connectivity index is 1.41. The van der Waals surface area contributed by atoms with E-state index in [2.05, 4.69) is 9.97 Å². The van der Waals surface area contributed by atoms with E-state index >= 15 is 0 Å². The van der Waals surface area contributed by atoms with Crippen molar-refractivity contribution in [3.05, 3.63) is 66.6 Å². The molecule has 7 nitrogen and oxygen atoms in total. The highest BCUT2D eigenvalue weighted by Gasteiger charge is 2.33. The summed E-state index contributed by atoms with van der Waals surface area (Å²) in [5.74, 6) is 0.946. The smallest absolute Gasteiger partial charge is 0.312 e. The maximum absolute atomic E-state index is 13.1. The minimum atomic E-state index is -0.0947. The van der Waals surface area contributed by atoms with Gasteiger partial charge in [0.1, 0.15) is 5.82 Å². The fourth-order valence-corrected chi connectivity index (χ4v) is 4.50. The predicted molar refractivity (Wildman–Crippen MR) is 125 cm³/mol. The van der Waals surface area contributed by atoms with Gasteiger partial charge in [0, 0.05) is 43.6 Å².